The molecule has 1 unspecified atom stereocenters. The van der Waals surface area contributed by atoms with Gasteiger partial charge in [-0.15, -0.1) is 11.3 Å². The van der Waals surface area contributed by atoms with Crippen molar-refractivity contribution in [2.75, 3.05) is 11.4 Å². The molecule has 0 bridgehead atoms. The molecule has 1 aliphatic heterocycles. The summed E-state index contributed by atoms with van der Waals surface area (Å²) >= 11 is 7.38. The first-order valence-corrected chi connectivity index (χ1v) is 11.3. The van der Waals surface area contributed by atoms with Crippen molar-refractivity contribution in [2.45, 2.75) is 32.0 Å². The molecule has 2 heterocycles. The molecule has 1 aliphatic rings. The van der Waals surface area contributed by atoms with Gasteiger partial charge in [0.2, 0.25) is 0 Å². The zero-order valence-electron chi connectivity index (χ0n) is 16.8. The van der Waals surface area contributed by atoms with Crippen LogP contribution in [-0.4, -0.2) is 34.5 Å². The van der Waals surface area contributed by atoms with Crippen molar-refractivity contribution < 1.29 is 14.3 Å². The van der Waals surface area contributed by atoms with Crippen LogP contribution in [0.25, 0.3) is 0 Å². The van der Waals surface area contributed by atoms with Gasteiger partial charge in [0.05, 0.1) is 6.54 Å². The second-order valence-electron chi connectivity index (χ2n) is 7.26. The highest BCUT2D eigenvalue weighted by Gasteiger charge is 2.38. The number of benzene rings is 2. The fraction of sp³-hybridized carbons (Fsp3) is 0.261. The van der Waals surface area contributed by atoms with E-state index in [-0.39, 0.29) is 12.5 Å². The SMILES string of the molecule is O=C(C1CCCN1C(=O)OCc1ccccc1)N(Cc1ccc(Cl)cc1)c1nccs1. The van der Waals surface area contributed by atoms with Crippen LogP contribution in [0.4, 0.5) is 9.93 Å². The minimum absolute atomic E-state index is 0.154. The molecule has 160 valence electrons. The lowest BCUT2D eigenvalue weighted by atomic mass is 10.1. The lowest BCUT2D eigenvalue weighted by Crippen LogP contribution is -2.48. The first-order valence-electron chi connectivity index (χ1n) is 10.0. The van der Waals surface area contributed by atoms with Gasteiger partial charge in [0.25, 0.3) is 5.91 Å². The van der Waals surface area contributed by atoms with Crippen LogP contribution < -0.4 is 4.90 Å². The Morgan fingerprint density at radius 3 is 2.61 bits per heavy atom. The molecule has 31 heavy (non-hydrogen) atoms. The maximum atomic E-state index is 13.5. The van der Waals surface area contributed by atoms with Crippen molar-refractivity contribution in [1.82, 2.24) is 9.88 Å². The van der Waals surface area contributed by atoms with Crippen LogP contribution in [0.1, 0.15) is 24.0 Å². The zero-order valence-corrected chi connectivity index (χ0v) is 18.4. The van der Waals surface area contributed by atoms with Crippen LogP contribution in [-0.2, 0) is 22.7 Å². The molecular weight excluding hydrogens is 434 g/mol. The molecule has 4 rings (SSSR count). The van der Waals surface area contributed by atoms with E-state index in [4.69, 9.17) is 16.3 Å². The minimum atomic E-state index is -0.570. The highest BCUT2D eigenvalue weighted by atomic mass is 35.5. The van der Waals surface area contributed by atoms with Crippen LogP contribution >= 0.6 is 22.9 Å². The van der Waals surface area contributed by atoms with Gasteiger partial charge in [-0.25, -0.2) is 9.78 Å². The van der Waals surface area contributed by atoms with E-state index in [1.54, 1.807) is 23.2 Å². The second kappa shape index (κ2) is 9.94. The largest absolute Gasteiger partial charge is 0.445 e. The van der Waals surface area contributed by atoms with Crippen molar-refractivity contribution in [3.8, 4) is 0 Å². The van der Waals surface area contributed by atoms with E-state index in [9.17, 15) is 9.59 Å². The lowest BCUT2D eigenvalue weighted by molar-refractivity contribution is -0.122. The standard InChI is InChI=1S/C23H22ClN3O3S/c24-19-10-8-17(9-11-19)15-27(22-25-12-14-31-22)21(28)20-7-4-13-26(20)23(29)30-16-18-5-2-1-3-6-18/h1-3,5-6,8-12,14,20H,4,7,13,15-16H2. The Bertz CT molecular complexity index is 1010. The molecule has 1 fully saturated rings. The van der Waals surface area contributed by atoms with Gasteiger partial charge in [0.15, 0.2) is 5.13 Å². The Labute approximate surface area is 190 Å². The number of hydrogen-bond acceptors (Lipinski definition) is 5. The van der Waals surface area contributed by atoms with Gasteiger partial charge in [0, 0.05) is 23.1 Å². The lowest BCUT2D eigenvalue weighted by Gasteiger charge is -2.28. The highest BCUT2D eigenvalue weighted by molar-refractivity contribution is 7.13. The quantitative estimate of drug-likeness (QED) is 0.516. The Morgan fingerprint density at radius 2 is 1.90 bits per heavy atom. The number of thiazole rings is 1. The number of hydrogen-bond donors (Lipinski definition) is 0. The van der Waals surface area contributed by atoms with Gasteiger partial charge in [0.1, 0.15) is 12.6 Å². The molecule has 0 aliphatic carbocycles. The number of aromatic nitrogens is 1. The summed E-state index contributed by atoms with van der Waals surface area (Å²) in [6.07, 6.45) is 2.55. The normalized spacial score (nSPS) is 15.6. The molecule has 2 amide bonds. The van der Waals surface area contributed by atoms with Crippen LogP contribution in [0.5, 0.6) is 0 Å². The van der Waals surface area contributed by atoms with Crippen LogP contribution in [0.3, 0.4) is 0 Å². The topological polar surface area (TPSA) is 62.7 Å². The molecule has 0 spiro atoms. The fourth-order valence-electron chi connectivity index (χ4n) is 3.59. The van der Waals surface area contributed by atoms with Crippen molar-refractivity contribution in [1.29, 1.82) is 0 Å². The number of carbonyl (C=O) groups excluding carboxylic acids is 2. The third kappa shape index (κ3) is 5.24. The molecule has 3 aromatic rings. The summed E-state index contributed by atoms with van der Waals surface area (Å²) < 4.78 is 5.48. The summed E-state index contributed by atoms with van der Waals surface area (Å²) in [6.45, 7) is 1.03. The van der Waals surface area contributed by atoms with E-state index in [2.05, 4.69) is 4.98 Å². The van der Waals surface area contributed by atoms with E-state index in [0.29, 0.717) is 29.7 Å². The molecule has 1 atom stereocenters. The van der Waals surface area contributed by atoms with Crippen molar-refractivity contribution in [3.63, 3.8) is 0 Å². The van der Waals surface area contributed by atoms with Crippen molar-refractivity contribution >= 4 is 40.1 Å². The first kappa shape index (κ1) is 21.3. The number of anilines is 1. The molecule has 0 saturated carbocycles. The summed E-state index contributed by atoms with van der Waals surface area (Å²) in [5.74, 6) is -0.154. The Kier molecular flexibility index (Phi) is 6.84. The molecule has 2 aromatic carbocycles. The molecule has 1 saturated heterocycles. The third-order valence-electron chi connectivity index (χ3n) is 5.15. The first-order chi connectivity index (χ1) is 15.1. The summed E-state index contributed by atoms with van der Waals surface area (Å²) in [5, 5.41) is 3.07. The van der Waals surface area contributed by atoms with Gasteiger partial charge in [-0.05, 0) is 36.1 Å². The third-order valence-corrected chi connectivity index (χ3v) is 6.19. The molecule has 8 heteroatoms. The molecular formula is C23H22ClN3O3S. The number of likely N-dealkylation sites (tertiary alicyclic amines) is 1. The molecule has 1 aromatic heterocycles. The van der Waals surface area contributed by atoms with Crippen LogP contribution in [0.2, 0.25) is 5.02 Å². The maximum absolute atomic E-state index is 13.5. The predicted octanol–water partition coefficient (Wildman–Crippen LogP) is 5.13. The monoisotopic (exact) mass is 455 g/mol. The van der Waals surface area contributed by atoms with E-state index < -0.39 is 12.1 Å². The number of amides is 2. The van der Waals surface area contributed by atoms with Crippen molar-refractivity contribution in [3.05, 3.63) is 82.3 Å². The van der Waals surface area contributed by atoms with E-state index >= 15 is 0 Å². The number of ether oxygens (including phenoxy) is 1. The van der Waals surface area contributed by atoms with Gasteiger partial charge in [-0.1, -0.05) is 54.1 Å². The highest BCUT2D eigenvalue weighted by Crippen LogP contribution is 2.27. The predicted molar refractivity (Wildman–Crippen MR) is 121 cm³/mol. The average molecular weight is 456 g/mol. The number of carbonyl (C=O) groups is 2. The number of halogens is 1. The van der Waals surface area contributed by atoms with Crippen LogP contribution in [0.15, 0.2) is 66.2 Å². The summed E-state index contributed by atoms with van der Waals surface area (Å²) in [4.78, 5) is 33.8. The van der Waals surface area contributed by atoms with E-state index in [0.717, 1.165) is 17.5 Å². The van der Waals surface area contributed by atoms with E-state index in [1.165, 1.54) is 16.2 Å². The van der Waals surface area contributed by atoms with Gasteiger partial charge in [-0.3, -0.25) is 14.6 Å². The zero-order chi connectivity index (χ0) is 21.6. The van der Waals surface area contributed by atoms with Gasteiger partial charge >= 0.3 is 6.09 Å². The van der Waals surface area contributed by atoms with Gasteiger partial charge in [-0.2, -0.15) is 0 Å². The van der Waals surface area contributed by atoms with E-state index in [1.807, 2.05) is 47.8 Å². The van der Waals surface area contributed by atoms with Crippen LogP contribution in [0, 0.1) is 0 Å². The fourth-order valence-corrected chi connectivity index (χ4v) is 4.36. The number of rotatable bonds is 6. The Hall–Kier alpha value is -2.90. The summed E-state index contributed by atoms with van der Waals surface area (Å²) in [6, 6.07) is 16.3. The molecule has 0 radical (unpaired) electrons. The minimum Gasteiger partial charge on any atom is -0.445 e. The smallest absolute Gasteiger partial charge is 0.410 e. The van der Waals surface area contributed by atoms with Crippen molar-refractivity contribution in [2.24, 2.45) is 0 Å². The summed E-state index contributed by atoms with van der Waals surface area (Å²) in [7, 11) is 0. The Morgan fingerprint density at radius 1 is 1.13 bits per heavy atom. The molecule has 6 nitrogen and oxygen atoms in total. The Balaban J connectivity index is 1.48. The maximum Gasteiger partial charge on any atom is 0.410 e. The summed E-state index contributed by atoms with van der Waals surface area (Å²) in [5.41, 5.74) is 1.84. The second-order valence-corrected chi connectivity index (χ2v) is 8.57. The average Bonchev–Trinajstić information content (AvgIpc) is 3.50. The van der Waals surface area contributed by atoms with Gasteiger partial charge < -0.3 is 4.74 Å². The number of nitrogens with zero attached hydrogens (tertiary/aromatic N) is 3. The molecule has 0 N–H and O–H groups in total.